The molecule has 62 valence electrons. The summed E-state index contributed by atoms with van der Waals surface area (Å²) in [6.07, 6.45) is 0. The van der Waals surface area contributed by atoms with Gasteiger partial charge in [-0.2, -0.15) is 0 Å². The number of rotatable bonds is 0. The summed E-state index contributed by atoms with van der Waals surface area (Å²) in [7, 11) is 0. The predicted octanol–water partition coefficient (Wildman–Crippen LogP) is 3.85. The van der Waals surface area contributed by atoms with Crippen LogP contribution >= 0.6 is 49.9 Å². The lowest BCUT2D eigenvalue weighted by Crippen LogP contribution is -1.90. The lowest BCUT2D eigenvalue weighted by atomic mass is 10.2. The zero-order chi connectivity index (χ0) is 8.72. The molecule has 0 saturated heterocycles. The molecule has 0 atom stereocenters. The van der Waals surface area contributed by atoms with Crippen molar-refractivity contribution in [2.24, 2.45) is 0 Å². The lowest BCUT2D eigenvalue weighted by Gasteiger charge is -2.02. The third-order valence-corrected chi connectivity index (χ3v) is 4.76. The van der Waals surface area contributed by atoms with E-state index >= 15 is 0 Å². The van der Waals surface area contributed by atoms with E-state index in [4.69, 9.17) is 5.73 Å². The summed E-state index contributed by atoms with van der Waals surface area (Å²) >= 11 is 7.44. The number of thiophene rings is 1. The van der Waals surface area contributed by atoms with Crippen molar-refractivity contribution in [3.05, 3.63) is 25.6 Å². The van der Waals surface area contributed by atoms with Crippen molar-refractivity contribution in [1.82, 2.24) is 0 Å². The van der Waals surface area contributed by atoms with Crippen LogP contribution in [0.4, 0.5) is 5.69 Å². The molecule has 2 aromatic rings. The number of fused-ring (bicyclic) bond motifs is 1. The van der Waals surface area contributed by atoms with Gasteiger partial charge in [-0.15, -0.1) is 11.3 Å². The monoisotopic (exact) mass is 353 g/mol. The first-order valence-electron chi connectivity index (χ1n) is 3.31. The fraction of sp³-hybridized carbons (Fsp3) is 0. The number of hydrogen-bond donors (Lipinski definition) is 1. The molecule has 0 radical (unpaired) electrons. The maximum Gasteiger partial charge on any atom is 0.0609 e. The summed E-state index contributed by atoms with van der Waals surface area (Å²) in [5, 5.41) is 3.34. The van der Waals surface area contributed by atoms with E-state index in [1.54, 1.807) is 11.3 Å². The van der Waals surface area contributed by atoms with Gasteiger partial charge in [0, 0.05) is 9.17 Å². The second-order valence-corrected chi connectivity index (χ2v) is 5.27. The molecule has 0 aliphatic heterocycles. The van der Waals surface area contributed by atoms with Crippen LogP contribution in [0, 0.1) is 3.57 Å². The average Bonchev–Trinajstić information content (AvgIpc) is 2.48. The molecule has 0 unspecified atom stereocenters. The van der Waals surface area contributed by atoms with Crippen LogP contribution in [0.25, 0.3) is 10.1 Å². The zero-order valence-electron chi connectivity index (χ0n) is 5.97. The summed E-state index contributed by atoms with van der Waals surface area (Å²) in [6, 6.07) is 4.16. The van der Waals surface area contributed by atoms with E-state index in [0.717, 1.165) is 13.7 Å². The smallest absolute Gasteiger partial charge is 0.0609 e. The van der Waals surface area contributed by atoms with Crippen molar-refractivity contribution in [3.8, 4) is 0 Å². The van der Waals surface area contributed by atoms with Crippen LogP contribution in [0.15, 0.2) is 22.0 Å². The lowest BCUT2D eigenvalue weighted by molar-refractivity contribution is 1.68. The minimum absolute atomic E-state index is 0.838. The van der Waals surface area contributed by atoms with Gasteiger partial charge in [0.05, 0.1) is 9.26 Å². The Morgan fingerprint density at radius 1 is 1.50 bits per heavy atom. The van der Waals surface area contributed by atoms with Crippen molar-refractivity contribution in [2.75, 3.05) is 5.73 Å². The van der Waals surface area contributed by atoms with E-state index in [0.29, 0.717) is 0 Å². The molecule has 0 saturated carbocycles. The zero-order valence-corrected chi connectivity index (χ0v) is 10.5. The van der Waals surface area contributed by atoms with Crippen molar-refractivity contribution >= 4 is 65.6 Å². The third kappa shape index (κ3) is 1.25. The number of halogens is 2. The maximum absolute atomic E-state index is 5.86. The van der Waals surface area contributed by atoms with Crippen LogP contribution in [0.1, 0.15) is 0 Å². The topological polar surface area (TPSA) is 26.0 Å². The molecule has 12 heavy (non-hydrogen) atoms. The van der Waals surface area contributed by atoms with Crippen LogP contribution in [0.3, 0.4) is 0 Å². The first-order chi connectivity index (χ1) is 5.70. The van der Waals surface area contributed by atoms with E-state index < -0.39 is 0 Å². The van der Waals surface area contributed by atoms with Gasteiger partial charge in [0.15, 0.2) is 0 Å². The molecule has 0 fully saturated rings. The molecule has 0 spiro atoms. The van der Waals surface area contributed by atoms with E-state index in [1.807, 2.05) is 0 Å². The fourth-order valence-corrected chi connectivity index (χ4v) is 3.68. The molecule has 1 nitrogen and oxygen atoms in total. The summed E-state index contributed by atoms with van der Waals surface area (Å²) < 4.78 is 3.40. The Labute approximate surface area is 96.2 Å². The Balaban J connectivity index is 2.94. The van der Waals surface area contributed by atoms with Gasteiger partial charge in [0.2, 0.25) is 0 Å². The van der Waals surface area contributed by atoms with E-state index in [-0.39, 0.29) is 0 Å². The molecule has 0 bridgehead atoms. The summed E-state index contributed by atoms with van der Waals surface area (Å²) in [6.45, 7) is 0. The summed E-state index contributed by atoms with van der Waals surface area (Å²) in [4.78, 5) is 0. The van der Waals surface area contributed by atoms with Gasteiger partial charge in [-0.05, 0) is 61.4 Å². The predicted molar refractivity (Wildman–Crippen MR) is 66.7 cm³/mol. The number of hydrogen-bond acceptors (Lipinski definition) is 2. The Kier molecular flexibility index (Phi) is 2.31. The Bertz CT molecular complexity index is 438. The van der Waals surface area contributed by atoms with E-state index in [1.165, 1.54) is 10.1 Å². The summed E-state index contributed by atoms with van der Waals surface area (Å²) in [5.41, 5.74) is 6.70. The molecule has 1 aromatic carbocycles. The van der Waals surface area contributed by atoms with Crippen molar-refractivity contribution in [1.29, 1.82) is 0 Å². The van der Waals surface area contributed by atoms with Gasteiger partial charge in [-0.25, -0.2) is 0 Å². The maximum atomic E-state index is 5.86. The molecule has 0 aliphatic rings. The molecule has 1 heterocycles. The number of nitrogen functional groups attached to an aromatic ring is 1. The van der Waals surface area contributed by atoms with Gasteiger partial charge < -0.3 is 5.73 Å². The standard InChI is InChI=1S/C8H5BrINS/c9-5-3-4-1-2-12-8(4)6(10)7(5)11/h1-3H,11H2. The molecule has 0 amide bonds. The Hall–Kier alpha value is 0.190. The second kappa shape index (κ2) is 3.16. The van der Waals surface area contributed by atoms with Crippen molar-refractivity contribution < 1.29 is 0 Å². The molecule has 1 aromatic heterocycles. The van der Waals surface area contributed by atoms with E-state index in [2.05, 4.69) is 56.0 Å². The van der Waals surface area contributed by atoms with Crippen LogP contribution in [-0.2, 0) is 0 Å². The van der Waals surface area contributed by atoms with Gasteiger partial charge >= 0.3 is 0 Å². The fourth-order valence-electron chi connectivity index (χ4n) is 1.05. The Morgan fingerprint density at radius 3 is 3.00 bits per heavy atom. The molecule has 2 N–H and O–H groups in total. The first-order valence-corrected chi connectivity index (χ1v) is 6.06. The van der Waals surface area contributed by atoms with Crippen LogP contribution in [0.5, 0.6) is 0 Å². The minimum atomic E-state index is 0.838. The SMILES string of the molecule is Nc1c(Br)cc2ccsc2c1I. The molecular formula is C8H5BrINS. The van der Waals surface area contributed by atoms with Crippen molar-refractivity contribution in [3.63, 3.8) is 0 Å². The summed E-state index contributed by atoms with van der Waals surface area (Å²) in [5.74, 6) is 0. The highest BCUT2D eigenvalue weighted by atomic mass is 127. The van der Waals surface area contributed by atoms with Crippen LogP contribution < -0.4 is 5.73 Å². The molecule has 0 aliphatic carbocycles. The third-order valence-electron chi connectivity index (χ3n) is 1.67. The number of benzene rings is 1. The molecule has 2 rings (SSSR count). The highest BCUT2D eigenvalue weighted by Gasteiger charge is 2.07. The van der Waals surface area contributed by atoms with E-state index in [9.17, 15) is 0 Å². The van der Waals surface area contributed by atoms with Crippen LogP contribution in [-0.4, -0.2) is 0 Å². The molecule has 4 heteroatoms. The number of nitrogens with two attached hydrogens (primary N) is 1. The van der Waals surface area contributed by atoms with Crippen LogP contribution in [0.2, 0.25) is 0 Å². The minimum Gasteiger partial charge on any atom is -0.397 e. The van der Waals surface area contributed by atoms with Gasteiger partial charge in [0.1, 0.15) is 0 Å². The molecular weight excluding hydrogens is 349 g/mol. The quantitative estimate of drug-likeness (QED) is 0.565. The highest BCUT2D eigenvalue weighted by Crippen LogP contribution is 2.35. The highest BCUT2D eigenvalue weighted by molar-refractivity contribution is 14.1. The average molecular weight is 354 g/mol. The number of anilines is 1. The second-order valence-electron chi connectivity index (χ2n) is 2.42. The Morgan fingerprint density at radius 2 is 2.25 bits per heavy atom. The van der Waals surface area contributed by atoms with Gasteiger partial charge in [-0.1, -0.05) is 0 Å². The normalized spacial score (nSPS) is 10.8. The largest absolute Gasteiger partial charge is 0.397 e. The van der Waals surface area contributed by atoms with Gasteiger partial charge in [-0.3, -0.25) is 0 Å². The first kappa shape index (κ1) is 8.77. The van der Waals surface area contributed by atoms with Gasteiger partial charge in [0.25, 0.3) is 0 Å². The van der Waals surface area contributed by atoms with Crippen molar-refractivity contribution in [2.45, 2.75) is 0 Å².